The van der Waals surface area contributed by atoms with Crippen molar-refractivity contribution in [1.82, 2.24) is 4.90 Å². The highest BCUT2D eigenvalue weighted by atomic mass is 16.5. The molecule has 114 valence electrons. The molecule has 1 amide bonds. The summed E-state index contributed by atoms with van der Waals surface area (Å²) in [4.78, 5) is 25.6. The number of hydrogen-bond donors (Lipinski definition) is 0. The van der Waals surface area contributed by atoms with Crippen molar-refractivity contribution >= 4 is 11.9 Å². The second-order valence-corrected chi connectivity index (χ2v) is 5.86. The zero-order valence-corrected chi connectivity index (χ0v) is 12.9. The van der Waals surface area contributed by atoms with Gasteiger partial charge in [-0.1, -0.05) is 37.3 Å². The zero-order chi connectivity index (χ0) is 15.4. The van der Waals surface area contributed by atoms with E-state index in [2.05, 4.69) is 6.92 Å². The first-order chi connectivity index (χ1) is 10.0. The molecule has 0 aliphatic carbocycles. The molecule has 1 heterocycles. The molecule has 0 radical (unpaired) electrons. The van der Waals surface area contributed by atoms with Crippen molar-refractivity contribution in [2.45, 2.75) is 32.7 Å². The lowest BCUT2D eigenvalue weighted by Gasteiger charge is -2.25. The number of methoxy groups -OCH3 is 1. The Hall–Kier alpha value is -1.84. The summed E-state index contributed by atoms with van der Waals surface area (Å²) in [5.74, 6) is 0.0583. The Morgan fingerprint density at radius 1 is 1.33 bits per heavy atom. The largest absolute Gasteiger partial charge is 0.469 e. The lowest BCUT2D eigenvalue weighted by atomic mass is 9.95. The van der Waals surface area contributed by atoms with Gasteiger partial charge in [0.15, 0.2) is 0 Å². The van der Waals surface area contributed by atoms with Gasteiger partial charge in [0.2, 0.25) is 5.91 Å². The van der Waals surface area contributed by atoms with Crippen LogP contribution in [0.25, 0.3) is 0 Å². The minimum Gasteiger partial charge on any atom is -0.469 e. The summed E-state index contributed by atoms with van der Waals surface area (Å²) in [6, 6.07) is 10.1. The van der Waals surface area contributed by atoms with Crippen molar-refractivity contribution in [3.63, 3.8) is 0 Å². The van der Waals surface area contributed by atoms with Crippen molar-refractivity contribution in [2.75, 3.05) is 13.7 Å². The normalized spacial score (nSPS) is 21.2. The van der Waals surface area contributed by atoms with Crippen molar-refractivity contribution in [3.05, 3.63) is 35.9 Å². The molecule has 1 saturated heterocycles. The van der Waals surface area contributed by atoms with E-state index in [9.17, 15) is 9.59 Å². The Morgan fingerprint density at radius 3 is 2.62 bits per heavy atom. The second kappa shape index (κ2) is 6.74. The fourth-order valence-electron chi connectivity index (χ4n) is 3.05. The van der Waals surface area contributed by atoms with Crippen LogP contribution in [0.15, 0.2) is 30.3 Å². The minimum atomic E-state index is -0.197. The molecular formula is C17H23NO3. The van der Waals surface area contributed by atoms with Gasteiger partial charge in [-0.15, -0.1) is 0 Å². The molecule has 0 saturated carbocycles. The molecule has 2 rings (SSSR count). The summed E-state index contributed by atoms with van der Waals surface area (Å²) in [6.45, 7) is 4.63. The van der Waals surface area contributed by atoms with E-state index in [0.717, 1.165) is 12.1 Å². The summed E-state index contributed by atoms with van der Waals surface area (Å²) >= 11 is 0. The van der Waals surface area contributed by atoms with Gasteiger partial charge in [-0.05, 0) is 24.8 Å². The molecule has 0 spiro atoms. The first-order valence-electron chi connectivity index (χ1n) is 7.45. The number of carbonyl (C=O) groups is 2. The molecule has 0 N–H and O–H groups in total. The molecule has 21 heavy (non-hydrogen) atoms. The van der Waals surface area contributed by atoms with Crippen molar-refractivity contribution in [2.24, 2.45) is 11.8 Å². The topological polar surface area (TPSA) is 46.6 Å². The predicted molar refractivity (Wildman–Crippen MR) is 80.5 cm³/mol. The second-order valence-electron chi connectivity index (χ2n) is 5.86. The summed E-state index contributed by atoms with van der Waals surface area (Å²) in [7, 11) is 1.41. The molecule has 1 fully saturated rings. The van der Waals surface area contributed by atoms with Gasteiger partial charge in [-0.2, -0.15) is 0 Å². The third-order valence-electron chi connectivity index (χ3n) is 4.28. The van der Waals surface area contributed by atoms with E-state index in [1.54, 1.807) is 0 Å². The van der Waals surface area contributed by atoms with Crippen LogP contribution in [-0.2, 0) is 14.3 Å². The highest BCUT2D eigenvalue weighted by molar-refractivity contribution is 5.79. The standard InChI is InChI=1S/C17H23NO3/c1-12(17(20)21-3)9-14-10-16(19)18(11-14)13(2)15-7-5-4-6-8-15/h4-8,12-14H,9-11H2,1-3H3. The Bertz CT molecular complexity index is 500. The van der Waals surface area contributed by atoms with Crippen molar-refractivity contribution in [3.8, 4) is 0 Å². The van der Waals surface area contributed by atoms with Crippen LogP contribution in [0.5, 0.6) is 0 Å². The van der Waals surface area contributed by atoms with E-state index in [4.69, 9.17) is 4.74 Å². The van der Waals surface area contributed by atoms with E-state index in [1.165, 1.54) is 7.11 Å². The van der Waals surface area contributed by atoms with Gasteiger partial charge in [-0.3, -0.25) is 9.59 Å². The number of rotatable bonds is 5. The van der Waals surface area contributed by atoms with Gasteiger partial charge in [0.05, 0.1) is 19.1 Å². The maximum Gasteiger partial charge on any atom is 0.308 e. The first-order valence-corrected chi connectivity index (χ1v) is 7.45. The number of likely N-dealkylation sites (tertiary alicyclic amines) is 1. The van der Waals surface area contributed by atoms with Crippen LogP contribution < -0.4 is 0 Å². The maximum absolute atomic E-state index is 12.2. The van der Waals surface area contributed by atoms with Crippen LogP contribution in [0, 0.1) is 11.8 Å². The Labute approximate surface area is 126 Å². The van der Waals surface area contributed by atoms with Crippen LogP contribution in [0.1, 0.15) is 38.3 Å². The fraction of sp³-hybridized carbons (Fsp3) is 0.529. The predicted octanol–water partition coefficient (Wildman–Crippen LogP) is 2.80. The van der Waals surface area contributed by atoms with Crippen LogP contribution in [-0.4, -0.2) is 30.4 Å². The molecular weight excluding hydrogens is 266 g/mol. The Morgan fingerprint density at radius 2 is 2.00 bits per heavy atom. The highest BCUT2D eigenvalue weighted by Crippen LogP contribution is 2.31. The van der Waals surface area contributed by atoms with Gasteiger partial charge < -0.3 is 9.64 Å². The van der Waals surface area contributed by atoms with E-state index in [1.807, 2.05) is 42.2 Å². The molecule has 4 heteroatoms. The number of carbonyl (C=O) groups excluding carboxylic acids is 2. The number of hydrogen-bond acceptors (Lipinski definition) is 3. The summed E-state index contributed by atoms with van der Waals surface area (Å²) in [5.41, 5.74) is 1.15. The minimum absolute atomic E-state index is 0.0807. The smallest absolute Gasteiger partial charge is 0.308 e. The number of ether oxygens (including phenoxy) is 1. The van der Waals surface area contributed by atoms with Gasteiger partial charge in [-0.25, -0.2) is 0 Å². The molecule has 1 aromatic carbocycles. The molecule has 0 aromatic heterocycles. The highest BCUT2D eigenvalue weighted by Gasteiger charge is 2.34. The van der Waals surface area contributed by atoms with Crippen LogP contribution in [0.4, 0.5) is 0 Å². The molecule has 3 unspecified atom stereocenters. The van der Waals surface area contributed by atoms with Crippen LogP contribution >= 0.6 is 0 Å². The zero-order valence-electron chi connectivity index (χ0n) is 12.9. The summed E-state index contributed by atoms with van der Waals surface area (Å²) in [5, 5.41) is 0. The Kier molecular flexibility index (Phi) is 4.99. The number of nitrogens with zero attached hydrogens (tertiary/aromatic N) is 1. The van der Waals surface area contributed by atoms with Gasteiger partial charge in [0.25, 0.3) is 0 Å². The SMILES string of the molecule is COC(=O)C(C)CC1CC(=O)N(C(C)c2ccccc2)C1. The number of amides is 1. The monoisotopic (exact) mass is 289 g/mol. The number of esters is 1. The van der Waals surface area contributed by atoms with E-state index in [0.29, 0.717) is 12.8 Å². The van der Waals surface area contributed by atoms with Gasteiger partial charge in [0.1, 0.15) is 0 Å². The van der Waals surface area contributed by atoms with Crippen LogP contribution in [0.2, 0.25) is 0 Å². The lowest BCUT2D eigenvalue weighted by molar-refractivity contribution is -0.145. The quantitative estimate of drug-likeness (QED) is 0.783. The van der Waals surface area contributed by atoms with Crippen molar-refractivity contribution in [1.29, 1.82) is 0 Å². The number of benzene rings is 1. The third-order valence-corrected chi connectivity index (χ3v) is 4.28. The molecule has 3 atom stereocenters. The average Bonchev–Trinajstić information content (AvgIpc) is 2.86. The van der Waals surface area contributed by atoms with E-state index < -0.39 is 0 Å². The van der Waals surface area contributed by atoms with E-state index >= 15 is 0 Å². The first kappa shape index (κ1) is 15.5. The summed E-state index contributed by atoms with van der Waals surface area (Å²) in [6.07, 6.45) is 1.23. The fourth-order valence-corrected chi connectivity index (χ4v) is 3.05. The molecule has 1 aliphatic heterocycles. The maximum atomic E-state index is 12.2. The van der Waals surface area contributed by atoms with Gasteiger partial charge in [0, 0.05) is 13.0 Å². The van der Waals surface area contributed by atoms with Gasteiger partial charge >= 0.3 is 5.97 Å². The summed E-state index contributed by atoms with van der Waals surface area (Å²) < 4.78 is 4.76. The molecule has 0 bridgehead atoms. The third kappa shape index (κ3) is 3.63. The Balaban J connectivity index is 1.98. The molecule has 1 aromatic rings. The molecule has 4 nitrogen and oxygen atoms in total. The van der Waals surface area contributed by atoms with E-state index in [-0.39, 0.29) is 29.8 Å². The molecule has 1 aliphatic rings. The van der Waals surface area contributed by atoms with Crippen LogP contribution in [0.3, 0.4) is 0 Å². The lowest BCUT2D eigenvalue weighted by Crippen LogP contribution is -2.28. The average molecular weight is 289 g/mol. The van der Waals surface area contributed by atoms with Crippen molar-refractivity contribution < 1.29 is 14.3 Å².